The van der Waals surface area contributed by atoms with Crippen molar-refractivity contribution in [2.24, 2.45) is 11.8 Å². The van der Waals surface area contributed by atoms with Gasteiger partial charge in [0.2, 0.25) is 5.91 Å². The quantitative estimate of drug-likeness (QED) is 0.832. The van der Waals surface area contributed by atoms with Crippen LogP contribution < -0.4 is 10.1 Å². The second kappa shape index (κ2) is 7.30. The zero-order valence-corrected chi connectivity index (χ0v) is 16.2. The summed E-state index contributed by atoms with van der Waals surface area (Å²) in [6, 6.07) is 9.84. The summed E-state index contributed by atoms with van der Waals surface area (Å²) in [5.74, 6) is 0.126. The molecule has 2 aromatic rings. The first kappa shape index (κ1) is 18.5. The second-order valence-corrected chi connectivity index (χ2v) is 7.93. The Balaban J connectivity index is 1.48. The number of fused-ring (bicyclic) bond motifs is 3. The van der Waals surface area contributed by atoms with Crippen molar-refractivity contribution in [3.05, 3.63) is 63.4 Å². The van der Waals surface area contributed by atoms with E-state index < -0.39 is 0 Å². The molecule has 1 N–H and O–H groups in total. The molecule has 0 spiro atoms. The first-order chi connectivity index (χ1) is 12.9. The van der Waals surface area contributed by atoms with Gasteiger partial charge in [-0.1, -0.05) is 29.3 Å². The van der Waals surface area contributed by atoms with Gasteiger partial charge < -0.3 is 10.1 Å². The van der Waals surface area contributed by atoms with Crippen LogP contribution in [0.1, 0.15) is 17.2 Å². The molecule has 0 saturated carbocycles. The van der Waals surface area contributed by atoms with Crippen molar-refractivity contribution < 1.29 is 13.9 Å². The highest BCUT2D eigenvalue weighted by Crippen LogP contribution is 2.46. The third-order valence-electron chi connectivity index (χ3n) is 5.39. The summed E-state index contributed by atoms with van der Waals surface area (Å²) in [5, 5.41) is 3.92. The van der Waals surface area contributed by atoms with Gasteiger partial charge in [-0.2, -0.15) is 0 Å². The molecule has 0 aliphatic carbocycles. The molecule has 2 aliphatic heterocycles. The van der Waals surface area contributed by atoms with Crippen molar-refractivity contribution in [2.75, 3.05) is 20.2 Å². The molecule has 0 radical (unpaired) electrons. The Kier molecular flexibility index (Phi) is 5.01. The third-order valence-corrected chi connectivity index (χ3v) is 6.13. The Bertz CT molecular complexity index is 892. The average Bonchev–Trinajstić information content (AvgIpc) is 2.99. The normalized spacial score (nSPS) is 24.1. The topological polar surface area (TPSA) is 41.6 Å². The fraction of sp³-hybridized carbons (Fsp3) is 0.350. The van der Waals surface area contributed by atoms with Gasteiger partial charge in [0.25, 0.3) is 0 Å². The minimum Gasteiger partial charge on any atom is -0.493 e. The van der Waals surface area contributed by atoms with Crippen molar-refractivity contribution in [1.82, 2.24) is 10.2 Å². The third kappa shape index (κ3) is 3.51. The lowest BCUT2D eigenvalue weighted by atomic mass is 9.85. The van der Waals surface area contributed by atoms with Gasteiger partial charge in [0.1, 0.15) is 11.6 Å². The van der Waals surface area contributed by atoms with Gasteiger partial charge in [0.05, 0.1) is 22.6 Å². The number of carbonyl (C=O) groups excluding carboxylic acids is 1. The van der Waals surface area contributed by atoms with E-state index in [2.05, 4.69) is 10.2 Å². The smallest absolute Gasteiger partial charge is 0.225 e. The van der Waals surface area contributed by atoms with Crippen LogP contribution in [0.4, 0.5) is 4.39 Å². The highest BCUT2D eigenvalue weighted by atomic mass is 35.5. The number of carbonyl (C=O) groups is 1. The van der Waals surface area contributed by atoms with Crippen molar-refractivity contribution in [2.45, 2.75) is 12.6 Å². The van der Waals surface area contributed by atoms with E-state index in [1.165, 1.54) is 12.1 Å². The molecule has 7 heteroatoms. The molecular weight excluding hydrogens is 390 g/mol. The molecular formula is C20H19Cl2FN2O2. The summed E-state index contributed by atoms with van der Waals surface area (Å²) in [5.41, 5.74) is 1.70. The fourth-order valence-corrected chi connectivity index (χ4v) is 4.42. The largest absolute Gasteiger partial charge is 0.493 e. The first-order valence-corrected chi connectivity index (χ1v) is 9.54. The second-order valence-electron chi connectivity index (χ2n) is 7.11. The zero-order valence-electron chi connectivity index (χ0n) is 14.7. The van der Waals surface area contributed by atoms with Gasteiger partial charge in [-0.15, -0.1) is 0 Å². The average molecular weight is 409 g/mol. The van der Waals surface area contributed by atoms with Crippen molar-refractivity contribution in [3.63, 3.8) is 0 Å². The lowest BCUT2D eigenvalue weighted by Crippen LogP contribution is -2.37. The Labute approximate surface area is 167 Å². The Morgan fingerprint density at radius 2 is 2.07 bits per heavy atom. The van der Waals surface area contributed by atoms with Crippen LogP contribution in [0.5, 0.6) is 5.75 Å². The van der Waals surface area contributed by atoms with Crippen molar-refractivity contribution >= 4 is 29.1 Å². The number of hydrogen-bond acceptors (Lipinski definition) is 3. The van der Waals surface area contributed by atoms with Gasteiger partial charge in [-0.25, -0.2) is 4.39 Å². The minimum absolute atomic E-state index is 0.0156. The number of hydrogen-bond donors (Lipinski definition) is 1. The molecule has 4 nitrogen and oxygen atoms in total. The van der Waals surface area contributed by atoms with Gasteiger partial charge in [0, 0.05) is 30.6 Å². The van der Waals surface area contributed by atoms with E-state index in [1.54, 1.807) is 18.2 Å². The molecule has 27 heavy (non-hydrogen) atoms. The number of halogens is 3. The monoisotopic (exact) mass is 408 g/mol. The Morgan fingerprint density at radius 1 is 1.26 bits per heavy atom. The van der Waals surface area contributed by atoms with Crippen LogP contribution in [0.15, 0.2) is 36.4 Å². The fourth-order valence-electron chi connectivity index (χ4n) is 4.10. The maximum absolute atomic E-state index is 13.7. The number of likely N-dealkylation sites (tertiary alicyclic amines) is 1. The van der Waals surface area contributed by atoms with Crippen LogP contribution >= 0.6 is 23.2 Å². The van der Waals surface area contributed by atoms with Crippen LogP contribution in [0, 0.1) is 17.7 Å². The predicted octanol–water partition coefficient (Wildman–Crippen LogP) is 4.06. The molecule has 2 aliphatic rings. The lowest BCUT2D eigenvalue weighted by Gasteiger charge is -2.33. The lowest BCUT2D eigenvalue weighted by molar-refractivity contribution is -0.126. The van der Waals surface area contributed by atoms with E-state index >= 15 is 0 Å². The van der Waals surface area contributed by atoms with Crippen molar-refractivity contribution in [1.29, 1.82) is 0 Å². The van der Waals surface area contributed by atoms with Crippen LogP contribution in [-0.2, 0) is 11.3 Å². The maximum Gasteiger partial charge on any atom is 0.225 e. The SMILES string of the molecule is CN1C[C@@H](C(=O)NCc2ccc(Cl)c(Cl)c2)[C@@H]2COc3ccc(F)cc3[C@@H]21. The minimum atomic E-state index is -0.293. The van der Waals surface area contributed by atoms with Gasteiger partial charge in [0.15, 0.2) is 0 Å². The summed E-state index contributed by atoms with van der Waals surface area (Å²) in [6.45, 7) is 1.42. The van der Waals surface area contributed by atoms with Gasteiger partial charge in [-0.3, -0.25) is 9.69 Å². The zero-order chi connectivity index (χ0) is 19.1. The van der Waals surface area contributed by atoms with E-state index in [0.717, 1.165) is 11.1 Å². The number of rotatable bonds is 3. The van der Waals surface area contributed by atoms with Gasteiger partial charge in [-0.05, 0) is 42.9 Å². The summed E-state index contributed by atoms with van der Waals surface area (Å²) < 4.78 is 19.5. The molecule has 0 bridgehead atoms. The highest BCUT2D eigenvalue weighted by molar-refractivity contribution is 6.42. The highest BCUT2D eigenvalue weighted by Gasteiger charge is 2.47. The maximum atomic E-state index is 13.7. The number of ether oxygens (including phenoxy) is 1. The molecule has 1 amide bonds. The van der Waals surface area contributed by atoms with E-state index in [9.17, 15) is 9.18 Å². The molecule has 142 valence electrons. The van der Waals surface area contributed by atoms with E-state index in [1.807, 2.05) is 13.1 Å². The molecule has 2 aromatic carbocycles. The number of amides is 1. The van der Waals surface area contributed by atoms with E-state index in [0.29, 0.717) is 35.5 Å². The van der Waals surface area contributed by atoms with Crippen LogP contribution in [0.25, 0.3) is 0 Å². The van der Waals surface area contributed by atoms with Crippen LogP contribution in [-0.4, -0.2) is 31.0 Å². The Hall–Kier alpha value is -1.82. The van der Waals surface area contributed by atoms with Crippen molar-refractivity contribution in [3.8, 4) is 5.75 Å². The standard InChI is InChI=1S/C20H19Cl2FN2O2/c1-25-9-14(20(26)24-8-11-2-4-16(21)17(22)6-11)15-10-27-18-5-3-12(23)7-13(18)19(15)25/h2-7,14-15,19H,8-10H2,1H3,(H,24,26)/t14-,15+,19+/m1/s1. The molecule has 3 atom stereocenters. The van der Waals surface area contributed by atoms with Crippen LogP contribution in [0.2, 0.25) is 10.0 Å². The molecule has 4 rings (SSSR count). The number of nitrogens with zero attached hydrogens (tertiary/aromatic N) is 1. The van der Waals surface area contributed by atoms with E-state index in [-0.39, 0.29) is 29.6 Å². The summed E-state index contributed by atoms with van der Waals surface area (Å²) in [6.07, 6.45) is 0. The summed E-state index contributed by atoms with van der Waals surface area (Å²) in [7, 11) is 1.96. The van der Waals surface area contributed by atoms with Crippen LogP contribution in [0.3, 0.4) is 0 Å². The molecule has 0 unspecified atom stereocenters. The molecule has 1 saturated heterocycles. The molecule has 2 heterocycles. The first-order valence-electron chi connectivity index (χ1n) is 8.78. The summed E-state index contributed by atoms with van der Waals surface area (Å²) in [4.78, 5) is 14.9. The summed E-state index contributed by atoms with van der Waals surface area (Å²) >= 11 is 12.0. The predicted molar refractivity (Wildman–Crippen MR) is 103 cm³/mol. The molecule has 1 fully saturated rings. The molecule has 0 aromatic heterocycles. The van der Waals surface area contributed by atoms with Gasteiger partial charge >= 0.3 is 0 Å². The van der Waals surface area contributed by atoms with E-state index in [4.69, 9.17) is 27.9 Å². The number of benzene rings is 2. The Morgan fingerprint density at radius 3 is 2.85 bits per heavy atom. The number of nitrogens with one attached hydrogen (secondary N) is 1.